The molecule has 1 aliphatic heterocycles. The average molecular weight is 420 g/mol. The molecule has 29 heavy (non-hydrogen) atoms. The van der Waals surface area contributed by atoms with Gasteiger partial charge in [-0.15, -0.1) is 0 Å². The minimum Gasteiger partial charge on any atom is -0.343 e. The smallest absolute Gasteiger partial charge is 0.285 e. The van der Waals surface area contributed by atoms with Crippen LogP contribution in [0.3, 0.4) is 0 Å². The highest BCUT2D eigenvalue weighted by atomic mass is 32.2. The summed E-state index contributed by atoms with van der Waals surface area (Å²) in [6.07, 6.45) is 2.47. The van der Waals surface area contributed by atoms with Crippen LogP contribution in [0, 0.1) is 5.82 Å². The van der Waals surface area contributed by atoms with Crippen LogP contribution in [-0.4, -0.2) is 42.5 Å². The van der Waals surface area contributed by atoms with Gasteiger partial charge in [-0.25, -0.2) is 31.9 Å². The number of sulfonamides is 1. The quantitative estimate of drug-likeness (QED) is 0.799. The fourth-order valence-electron chi connectivity index (χ4n) is 3.70. The van der Waals surface area contributed by atoms with E-state index >= 15 is 0 Å². The summed E-state index contributed by atoms with van der Waals surface area (Å²) in [5, 5.41) is 0.607. The van der Waals surface area contributed by atoms with E-state index in [0.29, 0.717) is 29.6 Å². The van der Waals surface area contributed by atoms with Crippen molar-refractivity contribution in [3.05, 3.63) is 54.0 Å². The first-order chi connectivity index (χ1) is 13.8. The van der Waals surface area contributed by atoms with Crippen LogP contribution in [0.4, 0.5) is 14.6 Å². The molecule has 0 bridgehead atoms. The lowest BCUT2D eigenvalue weighted by Crippen LogP contribution is -2.73. The molecule has 1 aromatic carbocycles. The summed E-state index contributed by atoms with van der Waals surface area (Å²) >= 11 is 0. The zero-order valence-electron chi connectivity index (χ0n) is 15.3. The van der Waals surface area contributed by atoms with Crippen molar-refractivity contribution < 1.29 is 22.0 Å². The molecular formula is C19H18F2N4O3S. The summed E-state index contributed by atoms with van der Waals surface area (Å²) in [7, 11) is -4.00. The molecule has 10 heteroatoms. The summed E-state index contributed by atoms with van der Waals surface area (Å²) in [4.78, 5) is 22.7. The van der Waals surface area contributed by atoms with Crippen molar-refractivity contribution in [2.75, 3.05) is 11.4 Å². The summed E-state index contributed by atoms with van der Waals surface area (Å²) in [5.41, 5.74) is -0.114. The number of alkyl halides is 1. The van der Waals surface area contributed by atoms with Gasteiger partial charge in [0.05, 0.1) is 18.3 Å². The number of rotatable bonds is 5. The molecule has 0 radical (unpaired) electrons. The van der Waals surface area contributed by atoms with Crippen LogP contribution in [0.2, 0.25) is 0 Å². The Balaban J connectivity index is 1.76. The molecule has 2 fully saturated rings. The topological polar surface area (TPSA) is 92.3 Å². The second-order valence-corrected chi connectivity index (χ2v) is 8.74. The number of aromatic nitrogens is 2. The van der Waals surface area contributed by atoms with E-state index in [9.17, 15) is 22.0 Å². The number of benzene rings is 1. The first kappa shape index (κ1) is 19.4. The average Bonchev–Trinajstić information content (AvgIpc) is 2.64. The molecule has 1 amide bonds. The zero-order valence-corrected chi connectivity index (χ0v) is 16.1. The molecule has 2 heterocycles. The minimum atomic E-state index is -4.00. The number of carbonyl (C=O) groups is 1. The predicted molar refractivity (Wildman–Crippen MR) is 103 cm³/mol. The third-order valence-electron chi connectivity index (χ3n) is 5.50. The van der Waals surface area contributed by atoms with Gasteiger partial charge < -0.3 is 4.90 Å². The molecule has 1 aliphatic carbocycles. The largest absolute Gasteiger partial charge is 0.343 e. The van der Waals surface area contributed by atoms with Gasteiger partial charge in [-0.2, -0.15) is 0 Å². The van der Waals surface area contributed by atoms with Crippen molar-refractivity contribution in [2.24, 2.45) is 0 Å². The van der Waals surface area contributed by atoms with Crippen LogP contribution in [0.25, 0.3) is 11.3 Å². The van der Waals surface area contributed by atoms with Gasteiger partial charge in [-0.05, 0) is 43.5 Å². The molecule has 2 aliphatic rings. The Labute approximate surface area is 166 Å². The number of anilines is 1. The number of halogens is 2. The Morgan fingerprint density at radius 3 is 2.55 bits per heavy atom. The van der Waals surface area contributed by atoms with Crippen molar-refractivity contribution in [2.45, 2.75) is 31.0 Å². The molecular weight excluding hydrogens is 402 g/mol. The maximum Gasteiger partial charge on any atom is 0.285 e. The Morgan fingerprint density at radius 2 is 2.00 bits per heavy atom. The molecule has 4 rings (SSSR count). The molecule has 1 N–H and O–H groups in total. The SMILES string of the molecule is C=CS(=O)(=O)NC(=O)c1cnc(N2C[C@H](F)C23CCC3)c(-c2ccc(F)cc2)n1. The van der Waals surface area contributed by atoms with Gasteiger partial charge in [-0.3, -0.25) is 4.79 Å². The van der Waals surface area contributed by atoms with Gasteiger partial charge in [0.2, 0.25) is 0 Å². The van der Waals surface area contributed by atoms with Gasteiger partial charge in [0.1, 0.15) is 23.4 Å². The van der Waals surface area contributed by atoms with Crippen LogP contribution in [0.1, 0.15) is 29.8 Å². The third kappa shape index (κ3) is 3.27. The van der Waals surface area contributed by atoms with E-state index in [1.165, 1.54) is 24.3 Å². The second kappa shape index (κ2) is 6.87. The Hall–Kier alpha value is -2.88. The van der Waals surface area contributed by atoms with Gasteiger partial charge in [0, 0.05) is 11.0 Å². The molecule has 1 spiro atoms. The lowest BCUT2D eigenvalue weighted by atomic mass is 9.66. The monoisotopic (exact) mass is 420 g/mol. The van der Waals surface area contributed by atoms with Crippen LogP contribution < -0.4 is 9.62 Å². The zero-order chi connectivity index (χ0) is 20.8. The number of hydrogen-bond donors (Lipinski definition) is 1. The first-order valence-corrected chi connectivity index (χ1v) is 10.5. The fourth-order valence-corrected chi connectivity index (χ4v) is 4.15. The van der Waals surface area contributed by atoms with Crippen LogP contribution in [0.15, 0.2) is 42.4 Å². The number of amides is 1. The Bertz CT molecular complexity index is 1090. The van der Waals surface area contributed by atoms with Crippen molar-refractivity contribution in [3.63, 3.8) is 0 Å². The second-order valence-electron chi connectivity index (χ2n) is 7.11. The van der Waals surface area contributed by atoms with E-state index < -0.39 is 33.5 Å². The third-order valence-corrected chi connectivity index (χ3v) is 6.41. The first-order valence-electron chi connectivity index (χ1n) is 9.00. The molecule has 7 nitrogen and oxygen atoms in total. The highest BCUT2D eigenvalue weighted by Crippen LogP contribution is 2.51. The van der Waals surface area contributed by atoms with E-state index in [4.69, 9.17) is 0 Å². The van der Waals surface area contributed by atoms with Gasteiger partial charge in [0.15, 0.2) is 5.82 Å². The maximum absolute atomic E-state index is 14.3. The fraction of sp³-hybridized carbons (Fsp3) is 0.316. The maximum atomic E-state index is 14.3. The van der Waals surface area contributed by atoms with Crippen LogP contribution >= 0.6 is 0 Å². The Kier molecular flexibility index (Phi) is 4.60. The van der Waals surface area contributed by atoms with E-state index in [1.807, 2.05) is 9.62 Å². The molecule has 152 valence electrons. The lowest BCUT2D eigenvalue weighted by molar-refractivity contribution is 0.0334. The lowest BCUT2D eigenvalue weighted by Gasteiger charge is -2.61. The van der Waals surface area contributed by atoms with Gasteiger partial charge in [-0.1, -0.05) is 6.58 Å². The number of nitrogens with one attached hydrogen (secondary N) is 1. The van der Waals surface area contributed by atoms with E-state index in [-0.39, 0.29) is 17.9 Å². The van der Waals surface area contributed by atoms with Crippen molar-refractivity contribution in [3.8, 4) is 11.3 Å². The van der Waals surface area contributed by atoms with Crippen molar-refractivity contribution in [1.29, 1.82) is 0 Å². The van der Waals surface area contributed by atoms with Crippen LogP contribution in [0.5, 0.6) is 0 Å². The molecule has 1 aromatic heterocycles. The Morgan fingerprint density at radius 1 is 1.31 bits per heavy atom. The van der Waals surface area contributed by atoms with Crippen molar-refractivity contribution in [1.82, 2.24) is 14.7 Å². The van der Waals surface area contributed by atoms with E-state index in [1.54, 1.807) is 0 Å². The highest BCUT2D eigenvalue weighted by molar-refractivity contribution is 7.92. The minimum absolute atomic E-state index is 0.152. The van der Waals surface area contributed by atoms with Crippen molar-refractivity contribution >= 4 is 21.7 Å². The molecule has 0 unspecified atom stereocenters. The molecule has 1 saturated heterocycles. The standard InChI is InChI=1S/C19H18F2N4O3S/c1-2-29(27,28)24-18(26)14-10-22-17(25-11-15(21)19(25)8-3-9-19)16(23-14)12-4-6-13(20)7-5-12/h2,4-7,10,15H,1,3,8-9,11H2,(H,24,26)/t15-/m0/s1. The predicted octanol–water partition coefficient (Wildman–Crippen LogP) is 2.57. The highest BCUT2D eigenvalue weighted by Gasteiger charge is 2.58. The summed E-state index contributed by atoms with van der Waals surface area (Å²) in [6.45, 7) is 3.28. The normalized spacial score (nSPS) is 19.9. The summed E-state index contributed by atoms with van der Waals surface area (Å²) in [6, 6.07) is 5.43. The van der Waals surface area contributed by atoms with Gasteiger partial charge in [0.25, 0.3) is 15.9 Å². The molecule has 1 atom stereocenters. The molecule has 1 saturated carbocycles. The van der Waals surface area contributed by atoms with Gasteiger partial charge >= 0.3 is 0 Å². The number of carbonyl (C=O) groups excluding carboxylic acids is 1. The summed E-state index contributed by atoms with van der Waals surface area (Å²) in [5.74, 6) is -1.04. The molecule has 2 aromatic rings. The summed E-state index contributed by atoms with van der Waals surface area (Å²) < 4.78 is 52.6. The number of hydrogen-bond acceptors (Lipinski definition) is 6. The van der Waals surface area contributed by atoms with E-state index in [2.05, 4.69) is 16.5 Å². The van der Waals surface area contributed by atoms with E-state index in [0.717, 1.165) is 12.6 Å². The van der Waals surface area contributed by atoms with Crippen LogP contribution in [-0.2, 0) is 10.0 Å². The number of nitrogens with zero attached hydrogens (tertiary/aromatic N) is 3.